The normalized spacial score (nSPS) is 38.6. The summed E-state index contributed by atoms with van der Waals surface area (Å²) in [6.45, 7) is 6.14. The van der Waals surface area contributed by atoms with Gasteiger partial charge in [-0.15, -0.1) is 0 Å². The van der Waals surface area contributed by atoms with Gasteiger partial charge in [0, 0.05) is 18.4 Å². The highest BCUT2D eigenvalue weighted by Gasteiger charge is 2.47. The molecular weight excluding hydrogens is 228 g/mol. The maximum absolute atomic E-state index is 11.9. The van der Waals surface area contributed by atoms with E-state index in [2.05, 4.69) is 6.92 Å². The minimum absolute atomic E-state index is 0.147. The zero-order valence-electron chi connectivity index (χ0n) is 11.6. The summed E-state index contributed by atoms with van der Waals surface area (Å²) in [5.41, 5.74) is 1.78. The molecule has 3 nitrogen and oxygen atoms in total. The number of allylic oxidation sites excluding steroid dienone is 1. The van der Waals surface area contributed by atoms with Crippen molar-refractivity contribution in [3.63, 3.8) is 0 Å². The molecule has 0 aromatic carbocycles. The Bertz CT molecular complexity index is 385. The molecule has 0 unspecified atom stereocenters. The van der Waals surface area contributed by atoms with Crippen molar-refractivity contribution in [2.24, 2.45) is 17.3 Å². The van der Waals surface area contributed by atoms with Gasteiger partial charge in [0.2, 0.25) is 0 Å². The van der Waals surface area contributed by atoms with Crippen molar-refractivity contribution in [1.82, 2.24) is 0 Å². The maximum atomic E-state index is 11.9. The van der Waals surface area contributed by atoms with Crippen molar-refractivity contribution < 1.29 is 15.0 Å². The Labute approximate surface area is 109 Å². The van der Waals surface area contributed by atoms with Gasteiger partial charge in [-0.05, 0) is 43.6 Å². The lowest BCUT2D eigenvalue weighted by molar-refractivity contribution is -0.118. The number of Topliss-reactive ketones (excluding diaryl/α,β-unsaturated/α-hetero) is 1. The van der Waals surface area contributed by atoms with Crippen LogP contribution in [0.15, 0.2) is 11.1 Å². The fourth-order valence-electron chi connectivity index (χ4n) is 3.54. The number of aliphatic hydroxyl groups excluding tert-OH is 2. The average Bonchev–Trinajstić information content (AvgIpc) is 2.36. The van der Waals surface area contributed by atoms with E-state index in [1.165, 1.54) is 0 Å². The lowest BCUT2D eigenvalue weighted by Gasteiger charge is -2.48. The van der Waals surface area contributed by atoms with Crippen LogP contribution in [0, 0.1) is 17.3 Å². The van der Waals surface area contributed by atoms with Gasteiger partial charge in [0.15, 0.2) is 5.78 Å². The molecule has 0 spiro atoms. The van der Waals surface area contributed by atoms with Gasteiger partial charge in [-0.25, -0.2) is 0 Å². The summed E-state index contributed by atoms with van der Waals surface area (Å²) in [6.07, 6.45) is 2.53. The van der Waals surface area contributed by atoms with E-state index < -0.39 is 0 Å². The molecule has 0 amide bonds. The first kappa shape index (κ1) is 13.8. The molecule has 3 heteroatoms. The second kappa shape index (κ2) is 4.78. The first-order valence-corrected chi connectivity index (χ1v) is 6.92. The van der Waals surface area contributed by atoms with Gasteiger partial charge in [-0.1, -0.05) is 19.4 Å². The smallest absolute Gasteiger partial charge is 0.158 e. The molecule has 0 saturated heterocycles. The zero-order valence-corrected chi connectivity index (χ0v) is 11.6. The zero-order chi connectivity index (χ0) is 13.5. The van der Waals surface area contributed by atoms with Crippen LogP contribution in [0.5, 0.6) is 0 Å². The van der Waals surface area contributed by atoms with Crippen LogP contribution in [0.4, 0.5) is 0 Å². The van der Waals surface area contributed by atoms with Crippen LogP contribution < -0.4 is 0 Å². The summed E-state index contributed by atoms with van der Waals surface area (Å²) in [7, 11) is 0. The molecule has 0 radical (unpaired) electrons. The maximum Gasteiger partial charge on any atom is 0.158 e. The molecule has 0 aromatic heterocycles. The summed E-state index contributed by atoms with van der Waals surface area (Å²) in [4.78, 5) is 11.9. The lowest BCUT2D eigenvalue weighted by Crippen LogP contribution is -2.45. The van der Waals surface area contributed by atoms with Crippen LogP contribution in [0.2, 0.25) is 0 Å². The molecule has 2 rings (SSSR count). The Morgan fingerprint density at radius 3 is 2.78 bits per heavy atom. The number of fused-ring (bicyclic) bond motifs is 1. The van der Waals surface area contributed by atoms with E-state index in [4.69, 9.17) is 0 Å². The van der Waals surface area contributed by atoms with E-state index in [0.717, 1.165) is 30.4 Å². The molecule has 1 saturated carbocycles. The number of aliphatic hydroxyl groups is 2. The van der Waals surface area contributed by atoms with Gasteiger partial charge in [-0.3, -0.25) is 4.79 Å². The number of hydrogen-bond acceptors (Lipinski definition) is 3. The highest BCUT2D eigenvalue weighted by Crippen LogP contribution is 2.51. The van der Waals surface area contributed by atoms with E-state index in [1.54, 1.807) is 0 Å². The molecule has 0 aromatic rings. The second-order valence-corrected chi connectivity index (χ2v) is 6.32. The lowest BCUT2D eigenvalue weighted by atomic mass is 9.58. The monoisotopic (exact) mass is 252 g/mol. The van der Waals surface area contributed by atoms with Crippen LogP contribution in [-0.4, -0.2) is 28.7 Å². The highest BCUT2D eigenvalue weighted by molar-refractivity contribution is 5.96. The van der Waals surface area contributed by atoms with E-state index in [-0.39, 0.29) is 35.7 Å². The first-order valence-electron chi connectivity index (χ1n) is 6.92. The Morgan fingerprint density at radius 2 is 2.17 bits per heavy atom. The van der Waals surface area contributed by atoms with E-state index in [0.29, 0.717) is 6.42 Å². The molecule has 2 N–H and O–H groups in total. The molecule has 0 heterocycles. The van der Waals surface area contributed by atoms with Gasteiger partial charge in [-0.2, -0.15) is 0 Å². The number of carbonyl (C=O) groups excluding carboxylic acids is 1. The Morgan fingerprint density at radius 1 is 1.50 bits per heavy atom. The van der Waals surface area contributed by atoms with Gasteiger partial charge >= 0.3 is 0 Å². The van der Waals surface area contributed by atoms with Crippen LogP contribution >= 0.6 is 0 Å². The predicted molar refractivity (Wildman–Crippen MR) is 70.0 cm³/mol. The third-order valence-corrected chi connectivity index (χ3v) is 5.25. The van der Waals surface area contributed by atoms with Crippen molar-refractivity contribution in [3.8, 4) is 0 Å². The number of ketones is 1. The predicted octanol–water partition coefficient (Wildman–Crippen LogP) is 2.07. The van der Waals surface area contributed by atoms with E-state index in [9.17, 15) is 15.0 Å². The molecule has 4 atom stereocenters. The quantitative estimate of drug-likeness (QED) is 0.791. The fourth-order valence-corrected chi connectivity index (χ4v) is 3.54. The van der Waals surface area contributed by atoms with Gasteiger partial charge in [0.05, 0.1) is 6.10 Å². The minimum atomic E-state index is -0.386. The SMILES string of the molecule is CC1=C2C[C@H]([C@@H](C)CO)C[C@H](O)[C@@]2(C)CCC1=O. The van der Waals surface area contributed by atoms with Gasteiger partial charge in [0.25, 0.3) is 0 Å². The largest absolute Gasteiger partial charge is 0.396 e. The summed E-state index contributed by atoms with van der Waals surface area (Å²) in [6, 6.07) is 0. The Kier molecular flexibility index (Phi) is 3.65. The number of rotatable bonds is 2. The summed E-state index contributed by atoms with van der Waals surface area (Å²) >= 11 is 0. The summed E-state index contributed by atoms with van der Waals surface area (Å²) in [5, 5.41) is 19.7. The molecule has 18 heavy (non-hydrogen) atoms. The number of hydrogen-bond donors (Lipinski definition) is 2. The number of carbonyl (C=O) groups is 1. The molecule has 0 aliphatic heterocycles. The van der Waals surface area contributed by atoms with Gasteiger partial charge in [0.1, 0.15) is 0 Å². The molecule has 0 bridgehead atoms. The van der Waals surface area contributed by atoms with E-state index >= 15 is 0 Å². The van der Waals surface area contributed by atoms with Crippen LogP contribution in [0.1, 0.15) is 46.5 Å². The van der Waals surface area contributed by atoms with Crippen LogP contribution in [0.3, 0.4) is 0 Å². The summed E-state index contributed by atoms with van der Waals surface area (Å²) in [5.74, 6) is 0.697. The molecule has 2 aliphatic rings. The van der Waals surface area contributed by atoms with Gasteiger partial charge < -0.3 is 10.2 Å². The average molecular weight is 252 g/mol. The molecule has 1 fully saturated rings. The van der Waals surface area contributed by atoms with Crippen molar-refractivity contribution in [3.05, 3.63) is 11.1 Å². The fraction of sp³-hybridized carbons (Fsp3) is 0.800. The van der Waals surface area contributed by atoms with Crippen molar-refractivity contribution in [1.29, 1.82) is 0 Å². The molecular formula is C15H24O3. The van der Waals surface area contributed by atoms with Crippen molar-refractivity contribution in [2.45, 2.75) is 52.6 Å². The highest BCUT2D eigenvalue weighted by atomic mass is 16.3. The minimum Gasteiger partial charge on any atom is -0.396 e. The molecule has 2 aliphatic carbocycles. The second-order valence-electron chi connectivity index (χ2n) is 6.32. The van der Waals surface area contributed by atoms with Crippen LogP contribution in [0.25, 0.3) is 0 Å². The molecule has 102 valence electrons. The van der Waals surface area contributed by atoms with Crippen LogP contribution in [-0.2, 0) is 4.79 Å². The Balaban J connectivity index is 2.35. The topological polar surface area (TPSA) is 57.5 Å². The van der Waals surface area contributed by atoms with Crippen molar-refractivity contribution >= 4 is 5.78 Å². The standard InChI is InChI=1S/C15H24O3/c1-9(8-16)11-6-12-10(2)13(17)4-5-15(12,3)14(18)7-11/h9,11,14,16,18H,4-8H2,1-3H3/t9-,11-,14-,15-/m0/s1. The van der Waals surface area contributed by atoms with Crippen molar-refractivity contribution in [2.75, 3.05) is 6.61 Å². The Hall–Kier alpha value is -0.670. The van der Waals surface area contributed by atoms with E-state index in [1.807, 2.05) is 13.8 Å². The third-order valence-electron chi connectivity index (χ3n) is 5.25. The third kappa shape index (κ3) is 2.04. The summed E-state index contributed by atoms with van der Waals surface area (Å²) < 4.78 is 0. The first-order chi connectivity index (χ1) is 8.40.